The summed E-state index contributed by atoms with van der Waals surface area (Å²) in [5.74, 6) is -5.82. The van der Waals surface area contributed by atoms with Crippen molar-refractivity contribution in [1.82, 2.24) is 0 Å². The van der Waals surface area contributed by atoms with Gasteiger partial charge in [0.25, 0.3) is 0 Å². The average molecular weight is 269 g/mol. The van der Waals surface area contributed by atoms with Crippen LogP contribution in [-0.4, -0.2) is 5.78 Å². The van der Waals surface area contributed by atoms with Crippen LogP contribution in [0.25, 0.3) is 0 Å². The highest BCUT2D eigenvalue weighted by Gasteiger charge is 2.22. The molecular weight excluding hydrogens is 262 g/mol. The number of halogens is 4. The topological polar surface area (TPSA) is 43.1 Å². The van der Waals surface area contributed by atoms with E-state index in [0.717, 1.165) is 18.2 Å². The minimum atomic E-state index is -1.37. The van der Waals surface area contributed by atoms with E-state index in [1.807, 2.05) is 0 Å². The summed E-state index contributed by atoms with van der Waals surface area (Å²) in [5, 5.41) is 0. The van der Waals surface area contributed by atoms with Crippen molar-refractivity contribution in [2.75, 3.05) is 5.73 Å². The Hall–Kier alpha value is -2.37. The predicted molar refractivity (Wildman–Crippen MR) is 60.6 cm³/mol. The Morgan fingerprint density at radius 1 is 0.895 bits per heavy atom. The van der Waals surface area contributed by atoms with E-state index >= 15 is 0 Å². The van der Waals surface area contributed by atoms with Crippen molar-refractivity contribution >= 4 is 11.5 Å². The lowest BCUT2D eigenvalue weighted by Crippen LogP contribution is -2.11. The van der Waals surface area contributed by atoms with Gasteiger partial charge in [-0.05, 0) is 18.2 Å². The smallest absolute Gasteiger partial charge is 0.201 e. The number of ketones is 1. The molecule has 0 saturated heterocycles. The molecule has 2 aromatic rings. The zero-order valence-electron chi connectivity index (χ0n) is 9.38. The van der Waals surface area contributed by atoms with Gasteiger partial charge in [0, 0.05) is 23.4 Å². The molecule has 19 heavy (non-hydrogen) atoms. The summed E-state index contributed by atoms with van der Waals surface area (Å²) in [4.78, 5) is 11.9. The Morgan fingerprint density at radius 2 is 1.47 bits per heavy atom. The van der Waals surface area contributed by atoms with E-state index in [4.69, 9.17) is 5.73 Å². The molecule has 0 heterocycles. The van der Waals surface area contributed by atoms with Gasteiger partial charge in [-0.2, -0.15) is 0 Å². The van der Waals surface area contributed by atoms with Crippen molar-refractivity contribution in [3.05, 3.63) is 64.7 Å². The number of hydrogen-bond donors (Lipinski definition) is 1. The average Bonchev–Trinajstić information content (AvgIpc) is 2.30. The highest BCUT2D eigenvalue weighted by atomic mass is 19.1. The first-order valence-corrected chi connectivity index (χ1v) is 5.14. The number of nitrogens with two attached hydrogens (primary N) is 1. The van der Waals surface area contributed by atoms with E-state index in [0.29, 0.717) is 12.1 Å². The Labute approximate surface area is 105 Å². The first kappa shape index (κ1) is 13.1. The van der Waals surface area contributed by atoms with Gasteiger partial charge >= 0.3 is 0 Å². The highest BCUT2D eigenvalue weighted by Crippen LogP contribution is 2.22. The minimum Gasteiger partial charge on any atom is -0.398 e. The van der Waals surface area contributed by atoms with Gasteiger partial charge in [0.05, 0.1) is 5.56 Å². The van der Waals surface area contributed by atoms with Crippen LogP contribution in [0.3, 0.4) is 0 Å². The predicted octanol–water partition coefficient (Wildman–Crippen LogP) is 3.06. The molecular formula is C13H7F4NO. The Kier molecular flexibility index (Phi) is 3.25. The first-order valence-electron chi connectivity index (χ1n) is 5.14. The normalized spacial score (nSPS) is 10.5. The SMILES string of the molecule is Nc1ccc(F)cc1C(=O)c1c(F)cc(F)cc1F. The maximum absolute atomic E-state index is 13.4. The van der Waals surface area contributed by atoms with Gasteiger partial charge in [-0.25, -0.2) is 17.6 Å². The van der Waals surface area contributed by atoms with Gasteiger partial charge in [-0.15, -0.1) is 0 Å². The first-order chi connectivity index (χ1) is 8.90. The second kappa shape index (κ2) is 4.72. The molecule has 0 aliphatic carbocycles. The molecule has 2 N–H and O–H groups in total. The van der Waals surface area contributed by atoms with E-state index in [-0.39, 0.29) is 11.3 Å². The molecule has 0 aliphatic rings. The van der Waals surface area contributed by atoms with Crippen molar-refractivity contribution in [2.24, 2.45) is 0 Å². The lowest BCUT2D eigenvalue weighted by Gasteiger charge is -2.07. The van der Waals surface area contributed by atoms with Crippen LogP contribution in [0.1, 0.15) is 15.9 Å². The number of hydrogen-bond acceptors (Lipinski definition) is 2. The van der Waals surface area contributed by atoms with Crippen molar-refractivity contribution in [2.45, 2.75) is 0 Å². The molecule has 0 aromatic heterocycles. The van der Waals surface area contributed by atoms with E-state index in [1.54, 1.807) is 0 Å². The number of benzene rings is 2. The van der Waals surface area contributed by atoms with E-state index in [2.05, 4.69) is 0 Å². The zero-order chi connectivity index (χ0) is 14.2. The summed E-state index contributed by atoms with van der Waals surface area (Å²) in [6.07, 6.45) is 0. The number of carbonyl (C=O) groups is 1. The second-order valence-corrected chi connectivity index (χ2v) is 3.81. The summed E-state index contributed by atoms with van der Waals surface area (Å²) in [7, 11) is 0. The van der Waals surface area contributed by atoms with E-state index in [1.165, 1.54) is 0 Å². The molecule has 0 aliphatic heterocycles. The fraction of sp³-hybridized carbons (Fsp3) is 0. The molecule has 2 nitrogen and oxygen atoms in total. The maximum Gasteiger partial charge on any atom is 0.201 e. The van der Waals surface area contributed by atoms with Crippen LogP contribution in [0.4, 0.5) is 23.2 Å². The minimum absolute atomic E-state index is 0.130. The molecule has 0 bridgehead atoms. The van der Waals surface area contributed by atoms with Crippen LogP contribution in [0, 0.1) is 23.3 Å². The van der Waals surface area contributed by atoms with Gasteiger partial charge in [0.15, 0.2) is 0 Å². The molecule has 2 aromatic carbocycles. The van der Waals surface area contributed by atoms with Gasteiger partial charge in [-0.1, -0.05) is 0 Å². The quantitative estimate of drug-likeness (QED) is 0.517. The molecule has 6 heteroatoms. The molecule has 0 unspecified atom stereocenters. The summed E-state index contributed by atoms with van der Waals surface area (Å²) in [5.41, 5.74) is 3.96. The van der Waals surface area contributed by atoms with E-state index < -0.39 is 34.6 Å². The van der Waals surface area contributed by atoms with Crippen LogP contribution in [0.2, 0.25) is 0 Å². The maximum atomic E-state index is 13.4. The van der Waals surface area contributed by atoms with Gasteiger partial charge in [0.2, 0.25) is 5.78 Å². The fourth-order valence-electron chi connectivity index (χ4n) is 1.62. The number of rotatable bonds is 2. The van der Waals surface area contributed by atoms with Crippen LogP contribution in [0.15, 0.2) is 30.3 Å². The number of nitrogen functional groups attached to an aromatic ring is 1. The van der Waals surface area contributed by atoms with Crippen LogP contribution in [-0.2, 0) is 0 Å². The summed E-state index contributed by atoms with van der Waals surface area (Å²) in [6.45, 7) is 0. The largest absolute Gasteiger partial charge is 0.398 e. The molecule has 0 fully saturated rings. The highest BCUT2D eigenvalue weighted by molar-refractivity contribution is 6.12. The van der Waals surface area contributed by atoms with Crippen LogP contribution < -0.4 is 5.73 Å². The van der Waals surface area contributed by atoms with E-state index in [9.17, 15) is 22.4 Å². The molecule has 98 valence electrons. The zero-order valence-corrected chi connectivity index (χ0v) is 9.38. The summed E-state index contributed by atoms with van der Waals surface area (Å²) >= 11 is 0. The Bertz CT molecular complexity index is 647. The number of carbonyl (C=O) groups excluding carboxylic acids is 1. The molecule has 0 saturated carbocycles. The van der Waals surface area contributed by atoms with Crippen LogP contribution in [0.5, 0.6) is 0 Å². The summed E-state index contributed by atoms with van der Waals surface area (Å²) in [6, 6.07) is 3.60. The van der Waals surface area contributed by atoms with Crippen molar-refractivity contribution in [1.29, 1.82) is 0 Å². The Balaban J connectivity index is 2.59. The summed E-state index contributed by atoms with van der Waals surface area (Å²) < 4.78 is 52.7. The van der Waals surface area contributed by atoms with Gasteiger partial charge < -0.3 is 5.73 Å². The molecule has 0 atom stereocenters. The lowest BCUT2D eigenvalue weighted by atomic mass is 10.0. The van der Waals surface area contributed by atoms with Crippen molar-refractivity contribution in [3.63, 3.8) is 0 Å². The molecule has 0 radical (unpaired) electrons. The van der Waals surface area contributed by atoms with Gasteiger partial charge in [0.1, 0.15) is 23.3 Å². The third-order valence-corrected chi connectivity index (χ3v) is 2.49. The standard InChI is InChI=1S/C13H7F4NO/c14-6-1-2-11(18)8(3-6)13(19)12-9(16)4-7(15)5-10(12)17/h1-5H,18H2. The third kappa shape index (κ3) is 2.42. The van der Waals surface area contributed by atoms with Crippen LogP contribution >= 0.6 is 0 Å². The fourth-order valence-corrected chi connectivity index (χ4v) is 1.62. The monoisotopic (exact) mass is 269 g/mol. The Morgan fingerprint density at radius 3 is 2.05 bits per heavy atom. The van der Waals surface area contributed by atoms with Gasteiger partial charge in [-0.3, -0.25) is 4.79 Å². The third-order valence-electron chi connectivity index (χ3n) is 2.49. The van der Waals surface area contributed by atoms with Crippen molar-refractivity contribution < 1.29 is 22.4 Å². The number of anilines is 1. The lowest BCUT2D eigenvalue weighted by molar-refractivity contribution is 0.103. The van der Waals surface area contributed by atoms with Crippen molar-refractivity contribution in [3.8, 4) is 0 Å². The second-order valence-electron chi connectivity index (χ2n) is 3.81. The molecule has 0 amide bonds. The molecule has 2 rings (SSSR count). The molecule has 0 spiro atoms.